The minimum absolute atomic E-state index is 0.0525. The summed E-state index contributed by atoms with van der Waals surface area (Å²) < 4.78 is 64.5. The average molecular weight is 513 g/mol. The summed E-state index contributed by atoms with van der Waals surface area (Å²) in [6, 6.07) is 12.8. The van der Waals surface area contributed by atoms with Crippen LogP contribution in [0.15, 0.2) is 76.5 Å². The lowest BCUT2D eigenvalue weighted by molar-refractivity contribution is 0.483. The van der Waals surface area contributed by atoms with Crippen LogP contribution < -0.4 is 0 Å². The number of halogens is 2. The first kappa shape index (κ1) is 25.1. The summed E-state index contributed by atoms with van der Waals surface area (Å²) in [4.78, 5) is 4.01. The van der Waals surface area contributed by atoms with Crippen LogP contribution in [0.2, 0.25) is 0 Å². The normalized spacial score (nSPS) is 11.5. The Labute approximate surface area is 206 Å². The Morgan fingerprint density at radius 1 is 1.00 bits per heavy atom. The minimum atomic E-state index is -4.02. The first-order valence-corrected chi connectivity index (χ1v) is 12.3. The summed E-state index contributed by atoms with van der Waals surface area (Å²) in [7, 11) is -4.02. The van der Waals surface area contributed by atoms with Gasteiger partial charge in [0.25, 0.3) is 10.1 Å². The minimum Gasteiger partial charge on any atom is -0.443 e. The molecule has 0 bridgehead atoms. The van der Waals surface area contributed by atoms with Crippen LogP contribution in [0.1, 0.15) is 31.2 Å². The number of nitrogens with zero attached hydrogens (tertiary/aromatic N) is 4. The van der Waals surface area contributed by atoms with Gasteiger partial charge in [-0.15, -0.1) is 10.2 Å². The van der Waals surface area contributed by atoms with Crippen molar-refractivity contribution in [2.75, 3.05) is 0 Å². The van der Waals surface area contributed by atoms with Crippen LogP contribution in [0.25, 0.3) is 28.2 Å². The number of benzene rings is 2. The van der Waals surface area contributed by atoms with Crippen molar-refractivity contribution in [1.29, 1.82) is 0 Å². The molecule has 0 atom stereocenters. The molecule has 0 aliphatic rings. The molecular weight excluding hydrogens is 490 g/mol. The van der Waals surface area contributed by atoms with Crippen molar-refractivity contribution in [3.63, 3.8) is 0 Å². The molecule has 0 saturated heterocycles. The van der Waals surface area contributed by atoms with E-state index in [4.69, 9.17) is 8.97 Å². The van der Waals surface area contributed by atoms with Crippen molar-refractivity contribution < 1.29 is 26.2 Å². The van der Waals surface area contributed by atoms with Crippen LogP contribution in [0.3, 0.4) is 0 Å². The highest BCUT2D eigenvalue weighted by Crippen LogP contribution is 2.33. The monoisotopic (exact) mass is 512 g/mol. The molecule has 5 rings (SSSR count). The molecule has 186 valence electrons. The third-order valence-electron chi connectivity index (χ3n) is 5.28. The van der Waals surface area contributed by atoms with Gasteiger partial charge in [0.2, 0.25) is 0 Å². The van der Waals surface area contributed by atoms with E-state index >= 15 is 0 Å². The summed E-state index contributed by atoms with van der Waals surface area (Å²) >= 11 is 0. The van der Waals surface area contributed by atoms with Crippen molar-refractivity contribution in [1.82, 2.24) is 19.6 Å². The highest BCUT2D eigenvalue weighted by atomic mass is 32.2. The van der Waals surface area contributed by atoms with Crippen molar-refractivity contribution >= 4 is 15.8 Å². The van der Waals surface area contributed by atoms with E-state index in [0.717, 1.165) is 29.6 Å². The molecule has 0 unspecified atom stereocenters. The molecule has 36 heavy (non-hydrogen) atoms. The Morgan fingerprint density at radius 2 is 1.72 bits per heavy atom. The molecule has 8 nitrogen and oxygen atoms in total. The average Bonchev–Trinajstić information content (AvgIpc) is 3.47. The standard InChI is InChI=1S/C18H14F2N4O.C7H8O3S/c1-10(2)18-23-22-15-6-3-11(8-24(15)18)17-16(21-9-25-17)13-7-12(19)4-5-14(13)20;1-6-2-4-7(5-3-6)11(8,9)10/h3-10H,1-2H3;2-5H,1H3,(H,8,9,10). The largest absolute Gasteiger partial charge is 0.443 e. The summed E-state index contributed by atoms with van der Waals surface area (Å²) in [6.45, 7) is 5.88. The smallest absolute Gasteiger partial charge is 0.294 e. The zero-order chi connectivity index (χ0) is 26.0. The molecule has 0 amide bonds. The fraction of sp³-hybridized carbons (Fsp3) is 0.160. The Hall–Kier alpha value is -3.96. The summed E-state index contributed by atoms with van der Waals surface area (Å²) in [5.41, 5.74) is 2.63. The number of oxazole rings is 1. The highest BCUT2D eigenvalue weighted by Gasteiger charge is 2.19. The second-order valence-corrected chi connectivity index (χ2v) is 9.72. The fourth-order valence-electron chi connectivity index (χ4n) is 3.47. The fourth-order valence-corrected chi connectivity index (χ4v) is 3.95. The third-order valence-corrected chi connectivity index (χ3v) is 6.14. The maximum atomic E-state index is 14.1. The Morgan fingerprint density at radius 3 is 2.39 bits per heavy atom. The molecule has 2 aromatic carbocycles. The van der Waals surface area contributed by atoms with Gasteiger partial charge in [-0.3, -0.25) is 8.95 Å². The first-order chi connectivity index (χ1) is 17.0. The topological polar surface area (TPSA) is 111 Å². The maximum Gasteiger partial charge on any atom is 0.294 e. The SMILES string of the molecule is CC(C)c1nnc2ccc(-c3ocnc3-c3cc(F)ccc3F)cn12.Cc1ccc(S(=O)(=O)O)cc1. The molecule has 1 N–H and O–H groups in total. The molecule has 0 aliphatic carbocycles. The van der Waals surface area contributed by atoms with Gasteiger partial charge in [0.15, 0.2) is 17.8 Å². The third kappa shape index (κ3) is 5.31. The van der Waals surface area contributed by atoms with Crippen LogP contribution in [-0.2, 0) is 10.1 Å². The van der Waals surface area contributed by atoms with Crippen molar-refractivity contribution in [2.24, 2.45) is 0 Å². The molecule has 0 aliphatic heterocycles. The molecule has 0 fully saturated rings. The highest BCUT2D eigenvalue weighted by molar-refractivity contribution is 7.85. The van der Waals surface area contributed by atoms with Crippen molar-refractivity contribution in [3.05, 3.63) is 90.2 Å². The van der Waals surface area contributed by atoms with E-state index in [9.17, 15) is 17.2 Å². The van der Waals surface area contributed by atoms with E-state index in [2.05, 4.69) is 15.2 Å². The maximum absolute atomic E-state index is 14.1. The number of pyridine rings is 1. The molecule has 3 aromatic heterocycles. The lowest BCUT2D eigenvalue weighted by atomic mass is 10.1. The predicted octanol–water partition coefficient (Wildman–Crippen LogP) is 5.69. The zero-order valence-corrected chi connectivity index (χ0v) is 20.4. The van der Waals surface area contributed by atoms with Crippen LogP contribution in [0.4, 0.5) is 8.78 Å². The van der Waals surface area contributed by atoms with E-state index < -0.39 is 21.8 Å². The molecule has 11 heteroatoms. The summed E-state index contributed by atoms with van der Waals surface area (Å²) in [5, 5.41) is 8.31. The molecule has 5 aromatic rings. The van der Waals surface area contributed by atoms with E-state index in [0.29, 0.717) is 17.0 Å². The Balaban J connectivity index is 0.000000233. The van der Waals surface area contributed by atoms with Crippen LogP contribution in [0.5, 0.6) is 0 Å². The summed E-state index contributed by atoms with van der Waals surface area (Å²) in [6.07, 6.45) is 3.03. The van der Waals surface area contributed by atoms with Crippen LogP contribution in [0, 0.1) is 18.6 Å². The molecule has 3 heterocycles. The first-order valence-electron chi connectivity index (χ1n) is 10.8. The molecular formula is C25H22F2N4O4S. The molecule has 0 spiro atoms. The van der Waals surface area contributed by atoms with Crippen molar-refractivity contribution in [2.45, 2.75) is 31.6 Å². The van der Waals surface area contributed by atoms with Gasteiger partial charge in [-0.05, 0) is 49.4 Å². The molecule has 0 radical (unpaired) electrons. The van der Waals surface area contributed by atoms with Crippen molar-refractivity contribution in [3.8, 4) is 22.6 Å². The van der Waals surface area contributed by atoms with Crippen LogP contribution >= 0.6 is 0 Å². The zero-order valence-electron chi connectivity index (χ0n) is 19.6. The van der Waals surface area contributed by atoms with E-state index in [-0.39, 0.29) is 22.1 Å². The number of rotatable bonds is 4. The van der Waals surface area contributed by atoms with E-state index in [1.807, 2.05) is 31.4 Å². The quantitative estimate of drug-likeness (QED) is 0.308. The molecule has 0 saturated carbocycles. The second kappa shape index (κ2) is 9.96. The van der Waals surface area contributed by atoms with Gasteiger partial charge in [0.05, 0.1) is 4.90 Å². The lowest BCUT2D eigenvalue weighted by Gasteiger charge is -2.06. The van der Waals surface area contributed by atoms with Gasteiger partial charge in [0.1, 0.15) is 23.2 Å². The lowest BCUT2D eigenvalue weighted by Crippen LogP contribution is -1.97. The number of fused-ring (bicyclic) bond motifs is 1. The van der Waals surface area contributed by atoms with Crippen LogP contribution in [-0.4, -0.2) is 32.6 Å². The van der Waals surface area contributed by atoms with Gasteiger partial charge >= 0.3 is 0 Å². The Bertz CT molecular complexity index is 1630. The number of hydrogen-bond acceptors (Lipinski definition) is 6. The predicted molar refractivity (Wildman–Crippen MR) is 129 cm³/mol. The van der Waals surface area contributed by atoms with Gasteiger partial charge in [-0.1, -0.05) is 31.5 Å². The van der Waals surface area contributed by atoms with Gasteiger partial charge in [-0.2, -0.15) is 8.42 Å². The van der Waals surface area contributed by atoms with Gasteiger partial charge < -0.3 is 4.42 Å². The number of hydrogen-bond donors (Lipinski definition) is 1. The van der Waals surface area contributed by atoms with Gasteiger partial charge in [0, 0.05) is 23.2 Å². The second-order valence-electron chi connectivity index (χ2n) is 8.30. The van der Waals surface area contributed by atoms with E-state index in [1.54, 1.807) is 24.3 Å². The van der Waals surface area contributed by atoms with E-state index in [1.165, 1.54) is 18.5 Å². The summed E-state index contributed by atoms with van der Waals surface area (Å²) in [5.74, 6) is 0.233. The Kier molecular flexibility index (Phi) is 6.95. The number of aryl methyl sites for hydroxylation is 1. The van der Waals surface area contributed by atoms with Gasteiger partial charge in [-0.25, -0.2) is 13.8 Å². The number of aromatic nitrogens is 4.